The molecule has 2 aromatic carbocycles. The van der Waals surface area contributed by atoms with E-state index in [1.807, 2.05) is 33.8 Å². The molecule has 244 valence electrons. The summed E-state index contributed by atoms with van der Waals surface area (Å²) >= 11 is 1.28. The van der Waals surface area contributed by atoms with Crippen molar-refractivity contribution < 1.29 is 28.7 Å². The topological polar surface area (TPSA) is 125 Å². The van der Waals surface area contributed by atoms with Crippen molar-refractivity contribution in [3.63, 3.8) is 0 Å². The molecule has 4 amide bonds. The minimum absolute atomic E-state index is 0.141. The fourth-order valence-corrected chi connectivity index (χ4v) is 5.69. The van der Waals surface area contributed by atoms with E-state index >= 15 is 0 Å². The predicted molar refractivity (Wildman–Crippen MR) is 181 cm³/mol. The SMILES string of the molecule is Cc1ccc2c(c1)N(CC(=O)c1cccs1)C(=O)C(NC(=O)Nc1ccc(C)c(C(=O)OC(C)(C)C)c1)CN2C(=O)CC(C)(C)C. The van der Waals surface area contributed by atoms with Gasteiger partial charge in [-0.2, -0.15) is 0 Å². The average Bonchev–Trinajstić information content (AvgIpc) is 3.45. The van der Waals surface area contributed by atoms with Gasteiger partial charge in [-0.25, -0.2) is 9.59 Å². The zero-order chi connectivity index (χ0) is 34.0. The molecule has 2 N–H and O–H groups in total. The summed E-state index contributed by atoms with van der Waals surface area (Å²) < 4.78 is 5.51. The Balaban J connectivity index is 1.67. The zero-order valence-corrected chi connectivity index (χ0v) is 28.5. The van der Waals surface area contributed by atoms with Crippen molar-refractivity contribution in [1.29, 1.82) is 0 Å². The molecule has 0 radical (unpaired) electrons. The fourth-order valence-electron chi connectivity index (χ4n) is 5.04. The molecule has 1 atom stereocenters. The van der Waals surface area contributed by atoms with Gasteiger partial charge < -0.3 is 25.2 Å². The summed E-state index contributed by atoms with van der Waals surface area (Å²) in [6, 6.07) is 11.8. The highest BCUT2D eigenvalue weighted by molar-refractivity contribution is 7.12. The van der Waals surface area contributed by atoms with Crippen LogP contribution in [0, 0.1) is 19.3 Å². The number of rotatable bonds is 7. The maximum absolute atomic E-state index is 14.2. The number of thiophene rings is 1. The molecule has 0 spiro atoms. The first-order valence-electron chi connectivity index (χ1n) is 15.1. The third-order valence-electron chi connectivity index (χ3n) is 7.14. The van der Waals surface area contributed by atoms with Crippen molar-refractivity contribution in [2.75, 3.05) is 28.2 Å². The van der Waals surface area contributed by atoms with E-state index in [0.717, 1.165) is 5.56 Å². The molecule has 0 saturated carbocycles. The molecule has 1 aliphatic rings. The first-order chi connectivity index (χ1) is 21.4. The van der Waals surface area contributed by atoms with Crippen LogP contribution in [0.1, 0.15) is 79.1 Å². The van der Waals surface area contributed by atoms with E-state index in [1.165, 1.54) is 27.2 Å². The van der Waals surface area contributed by atoms with Crippen LogP contribution in [-0.4, -0.2) is 54.3 Å². The number of benzene rings is 2. The molecule has 2 heterocycles. The molecule has 1 aliphatic heterocycles. The van der Waals surface area contributed by atoms with Crippen LogP contribution in [0.25, 0.3) is 0 Å². The van der Waals surface area contributed by atoms with Crippen molar-refractivity contribution in [2.45, 2.75) is 73.5 Å². The first-order valence-corrected chi connectivity index (χ1v) is 16.0. The number of aryl methyl sites for hydroxylation is 2. The van der Waals surface area contributed by atoms with Gasteiger partial charge in [0.15, 0.2) is 5.78 Å². The van der Waals surface area contributed by atoms with Gasteiger partial charge in [-0.05, 0) is 86.9 Å². The third kappa shape index (κ3) is 8.60. The second kappa shape index (κ2) is 13.5. The summed E-state index contributed by atoms with van der Waals surface area (Å²) in [5.74, 6) is -1.54. The molecular formula is C35H42N4O6S. The van der Waals surface area contributed by atoms with Gasteiger partial charge in [-0.3, -0.25) is 14.4 Å². The van der Waals surface area contributed by atoms with E-state index in [2.05, 4.69) is 10.6 Å². The highest BCUT2D eigenvalue weighted by atomic mass is 32.1. The van der Waals surface area contributed by atoms with E-state index < -0.39 is 29.6 Å². The highest BCUT2D eigenvalue weighted by Crippen LogP contribution is 2.36. The van der Waals surface area contributed by atoms with Gasteiger partial charge in [0.25, 0.3) is 5.91 Å². The summed E-state index contributed by atoms with van der Waals surface area (Å²) in [5, 5.41) is 7.23. The minimum Gasteiger partial charge on any atom is -0.456 e. The number of ether oxygens (including phenoxy) is 1. The molecule has 0 saturated heterocycles. The number of hydrogen-bond acceptors (Lipinski definition) is 7. The van der Waals surface area contributed by atoms with E-state index in [0.29, 0.717) is 33.1 Å². The first kappa shape index (κ1) is 34.4. The summed E-state index contributed by atoms with van der Waals surface area (Å²) in [4.78, 5) is 70.8. The number of anilines is 3. The summed E-state index contributed by atoms with van der Waals surface area (Å²) in [6.07, 6.45) is 0.193. The number of carbonyl (C=O) groups is 5. The van der Waals surface area contributed by atoms with Crippen molar-refractivity contribution in [1.82, 2.24) is 5.32 Å². The summed E-state index contributed by atoms with van der Waals surface area (Å²) in [5.41, 5.74) is 1.98. The normalized spacial score (nSPS) is 15.1. The Bertz CT molecular complexity index is 1650. The monoisotopic (exact) mass is 646 g/mol. The molecule has 0 aliphatic carbocycles. The molecular weight excluding hydrogens is 604 g/mol. The molecule has 10 nitrogen and oxygen atoms in total. The molecule has 46 heavy (non-hydrogen) atoms. The van der Waals surface area contributed by atoms with E-state index in [9.17, 15) is 24.0 Å². The van der Waals surface area contributed by atoms with Crippen molar-refractivity contribution in [3.8, 4) is 0 Å². The Morgan fingerprint density at radius 3 is 2.30 bits per heavy atom. The average molecular weight is 647 g/mol. The van der Waals surface area contributed by atoms with E-state index in [-0.39, 0.29) is 36.6 Å². The van der Waals surface area contributed by atoms with Crippen LogP contribution in [0.15, 0.2) is 53.9 Å². The van der Waals surface area contributed by atoms with Crippen LogP contribution >= 0.6 is 11.3 Å². The molecule has 1 unspecified atom stereocenters. The maximum Gasteiger partial charge on any atom is 0.338 e. The van der Waals surface area contributed by atoms with Gasteiger partial charge in [0.05, 0.1) is 34.9 Å². The number of amides is 4. The fraction of sp³-hybridized carbons (Fsp3) is 0.400. The molecule has 0 fully saturated rings. The number of hydrogen-bond donors (Lipinski definition) is 2. The molecule has 0 bridgehead atoms. The number of esters is 1. The molecule has 3 aromatic rings. The lowest BCUT2D eigenvalue weighted by atomic mass is 9.91. The van der Waals surface area contributed by atoms with Crippen molar-refractivity contribution in [3.05, 3.63) is 75.5 Å². The predicted octanol–water partition coefficient (Wildman–Crippen LogP) is 6.51. The quantitative estimate of drug-likeness (QED) is 0.223. The van der Waals surface area contributed by atoms with Crippen LogP contribution in [0.5, 0.6) is 0 Å². The lowest BCUT2D eigenvalue weighted by molar-refractivity contribution is -0.121. The third-order valence-corrected chi connectivity index (χ3v) is 8.05. The number of urea groups is 1. The Labute approximate surface area is 274 Å². The van der Waals surface area contributed by atoms with Crippen molar-refractivity contribution >= 4 is 58.0 Å². The smallest absolute Gasteiger partial charge is 0.338 e. The second-order valence-electron chi connectivity index (χ2n) is 13.7. The number of Topliss-reactive ketones (excluding diaryl/α,β-unsaturated/α-hetero) is 1. The van der Waals surface area contributed by atoms with E-state index in [1.54, 1.807) is 69.5 Å². The summed E-state index contributed by atoms with van der Waals surface area (Å²) in [6.45, 7) is 14.4. The molecule has 11 heteroatoms. The van der Waals surface area contributed by atoms with Crippen LogP contribution in [0.4, 0.5) is 21.9 Å². The lowest BCUT2D eigenvalue weighted by Gasteiger charge is -2.28. The Morgan fingerprint density at radius 1 is 0.957 bits per heavy atom. The van der Waals surface area contributed by atoms with Gasteiger partial charge in [0.2, 0.25) is 5.91 Å². The Kier molecular flexibility index (Phi) is 10.1. The number of fused-ring (bicyclic) bond motifs is 1. The molecule has 1 aromatic heterocycles. The van der Waals surface area contributed by atoms with Gasteiger partial charge in [0, 0.05) is 12.1 Å². The van der Waals surface area contributed by atoms with Crippen LogP contribution in [0.2, 0.25) is 0 Å². The highest BCUT2D eigenvalue weighted by Gasteiger charge is 2.38. The largest absolute Gasteiger partial charge is 0.456 e. The van der Waals surface area contributed by atoms with Crippen molar-refractivity contribution in [2.24, 2.45) is 5.41 Å². The Morgan fingerprint density at radius 2 is 1.67 bits per heavy atom. The van der Waals surface area contributed by atoms with Gasteiger partial charge in [-0.15, -0.1) is 11.3 Å². The van der Waals surface area contributed by atoms with E-state index in [4.69, 9.17) is 4.74 Å². The number of carbonyl (C=O) groups excluding carboxylic acids is 5. The van der Waals surface area contributed by atoms with Crippen LogP contribution in [-0.2, 0) is 14.3 Å². The summed E-state index contributed by atoms with van der Waals surface area (Å²) in [7, 11) is 0. The van der Waals surface area contributed by atoms with Crippen LogP contribution < -0.4 is 20.4 Å². The van der Waals surface area contributed by atoms with Gasteiger partial charge >= 0.3 is 12.0 Å². The number of nitrogens with one attached hydrogen (secondary N) is 2. The lowest BCUT2D eigenvalue weighted by Crippen LogP contribution is -2.54. The zero-order valence-electron chi connectivity index (χ0n) is 27.6. The van der Waals surface area contributed by atoms with Gasteiger partial charge in [0.1, 0.15) is 11.6 Å². The standard InChI is InChI=1S/C35H42N4O6S/c1-21-11-14-26-27(16-21)39(20-28(40)29-10-9-15-46-29)31(42)25(19-38(26)30(41)18-34(3,4)5)37-33(44)36-23-13-12-22(2)24(17-23)32(43)45-35(6,7)8/h9-17,25H,18-20H2,1-8H3,(H2,36,37,44). The molecule has 4 rings (SSSR count). The van der Waals surface area contributed by atoms with Crippen LogP contribution in [0.3, 0.4) is 0 Å². The van der Waals surface area contributed by atoms with Gasteiger partial charge in [-0.1, -0.05) is 39.0 Å². The number of ketones is 1. The minimum atomic E-state index is -1.19. The number of nitrogens with zero attached hydrogens (tertiary/aromatic N) is 2. The maximum atomic E-state index is 14.2. The second-order valence-corrected chi connectivity index (χ2v) is 14.7. The Hall–Kier alpha value is -4.51.